The summed E-state index contributed by atoms with van der Waals surface area (Å²) in [6, 6.07) is 3.37. The third-order valence-electron chi connectivity index (χ3n) is 2.61. The van der Waals surface area contributed by atoms with Crippen molar-refractivity contribution in [2.75, 3.05) is 13.1 Å². The van der Waals surface area contributed by atoms with Gasteiger partial charge in [-0.1, -0.05) is 18.9 Å². The largest absolute Gasteiger partial charge is 0.352 e. The Morgan fingerprint density at radius 2 is 1.72 bits per heavy atom. The Balaban J connectivity index is 2.37. The molecule has 3 nitrogen and oxygen atoms in total. The molecule has 5 heteroatoms. The van der Waals surface area contributed by atoms with Crippen molar-refractivity contribution in [2.24, 2.45) is 5.73 Å². The SMILES string of the molecule is NCCCCCCNC(=O)c1c(F)cccc1F. The summed E-state index contributed by atoms with van der Waals surface area (Å²) in [5.41, 5.74) is 4.83. The van der Waals surface area contributed by atoms with Crippen LogP contribution in [0.2, 0.25) is 0 Å². The molecule has 0 aromatic heterocycles. The van der Waals surface area contributed by atoms with Gasteiger partial charge in [-0.05, 0) is 31.5 Å². The Labute approximate surface area is 105 Å². The number of unbranched alkanes of at least 4 members (excludes halogenated alkanes) is 3. The van der Waals surface area contributed by atoms with Crippen LogP contribution in [0.1, 0.15) is 36.0 Å². The topological polar surface area (TPSA) is 55.1 Å². The van der Waals surface area contributed by atoms with E-state index in [9.17, 15) is 13.6 Å². The number of amides is 1. The van der Waals surface area contributed by atoms with Crippen LogP contribution in [0, 0.1) is 11.6 Å². The molecule has 0 saturated carbocycles. The van der Waals surface area contributed by atoms with Gasteiger partial charge in [0.2, 0.25) is 0 Å². The molecule has 18 heavy (non-hydrogen) atoms. The second-order valence-electron chi connectivity index (χ2n) is 4.06. The Morgan fingerprint density at radius 3 is 2.33 bits per heavy atom. The Kier molecular flexibility index (Phi) is 6.28. The molecule has 1 aromatic carbocycles. The summed E-state index contributed by atoms with van der Waals surface area (Å²) in [6.07, 6.45) is 3.68. The summed E-state index contributed by atoms with van der Waals surface area (Å²) in [6.45, 7) is 1.07. The van der Waals surface area contributed by atoms with E-state index < -0.39 is 23.1 Å². The second kappa shape index (κ2) is 7.76. The minimum absolute atomic E-state index is 0.414. The highest BCUT2D eigenvalue weighted by atomic mass is 19.1. The van der Waals surface area contributed by atoms with Gasteiger partial charge in [-0.25, -0.2) is 8.78 Å². The number of carbonyl (C=O) groups excluding carboxylic acids is 1. The van der Waals surface area contributed by atoms with Crippen LogP contribution in [0.4, 0.5) is 8.78 Å². The van der Waals surface area contributed by atoms with Crippen LogP contribution in [-0.2, 0) is 0 Å². The van der Waals surface area contributed by atoms with E-state index in [0.717, 1.165) is 37.8 Å². The maximum absolute atomic E-state index is 13.3. The van der Waals surface area contributed by atoms with Gasteiger partial charge in [0, 0.05) is 6.54 Å². The van der Waals surface area contributed by atoms with E-state index >= 15 is 0 Å². The molecule has 0 saturated heterocycles. The predicted molar refractivity (Wildman–Crippen MR) is 66.2 cm³/mol. The highest BCUT2D eigenvalue weighted by Gasteiger charge is 2.15. The number of benzene rings is 1. The lowest BCUT2D eigenvalue weighted by molar-refractivity contribution is 0.0944. The van der Waals surface area contributed by atoms with E-state index in [2.05, 4.69) is 5.32 Å². The van der Waals surface area contributed by atoms with Gasteiger partial charge in [0.05, 0.1) is 0 Å². The van der Waals surface area contributed by atoms with Crippen molar-refractivity contribution in [2.45, 2.75) is 25.7 Å². The first kappa shape index (κ1) is 14.6. The predicted octanol–water partition coefficient (Wildman–Crippen LogP) is 2.21. The van der Waals surface area contributed by atoms with Crippen LogP contribution in [0.25, 0.3) is 0 Å². The molecular formula is C13H18F2N2O. The fourth-order valence-electron chi connectivity index (χ4n) is 1.63. The van der Waals surface area contributed by atoms with E-state index in [1.807, 2.05) is 0 Å². The minimum Gasteiger partial charge on any atom is -0.352 e. The third kappa shape index (κ3) is 4.41. The lowest BCUT2D eigenvalue weighted by Gasteiger charge is -2.06. The lowest BCUT2D eigenvalue weighted by Crippen LogP contribution is -2.26. The fraction of sp³-hybridized carbons (Fsp3) is 0.462. The van der Waals surface area contributed by atoms with Gasteiger partial charge in [0.25, 0.3) is 5.91 Å². The van der Waals surface area contributed by atoms with Crippen molar-refractivity contribution in [3.8, 4) is 0 Å². The highest BCUT2D eigenvalue weighted by Crippen LogP contribution is 2.11. The molecule has 0 unspecified atom stereocenters. The van der Waals surface area contributed by atoms with Crippen molar-refractivity contribution in [1.29, 1.82) is 0 Å². The highest BCUT2D eigenvalue weighted by molar-refractivity contribution is 5.94. The van der Waals surface area contributed by atoms with Crippen molar-refractivity contribution < 1.29 is 13.6 Å². The molecule has 0 aliphatic carbocycles. The van der Waals surface area contributed by atoms with Crippen molar-refractivity contribution in [3.63, 3.8) is 0 Å². The molecule has 3 N–H and O–H groups in total. The number of nitrogens with one attached hydrogen (secondary N) is 1. The zero-order chi connectivity index (χ0) is 13.4. The van der Waals surface area contributed by atoms with Gasteiger partial charge in [-0.15, -0.1) is 0 Å². The summed E-state index contributed by atoms with van der Waals surface area (Å²) in [4.78, 5) is 11.6. The molecule has 0 aliphatic rings. The first-order chi connectivity index (χ1) is 8.66. The molecule has 100 valence electrons. The molecule has 1 rings (SSSR count). The van der Waals surface area contributed by atoms with E-state index in [4.69, 9.17) is 5.73 Å². The minimum atomic E-state index is -0.837. The molecule has 0 fully saturated rings. The Morgan fingerprint density at radius 1 is 1.11 bits per heavy atom. The van der Waals surface area contributed by atoms with Crippen LogP contribution >= 0.6 is 0 Å². The van der Waals surface area contributed by atoms with E-state index in [1.54, 1.807) is 0 Å². The van der Waals surface area contributed by atoms with Crippen molar-refractivity contribution >= 4 is 5.91 Å². The van der Waals surface area contributed by atoms with Gasteiger partial charge >= 0.3 is 0 Å². The van der Waals surface area contributed by atoms with Gasteiger partial charge in [0.1, 0.15) is 17.2 Å². The number of carbonyl (C=O) groups is 1. The first-order valence-corrected chi connectivity index (χ1v) is 6.09. The van der Waals surface area contributed by atoms with Crippen molar-refractivity contribution in [3.05, 3.63) is 35.4 Å². The van der Waals surface area contributed by atoms with Gasteiger partial charge in [0.15, 0.2) is 0 Å². The molecule has 0 spiro atoms. The zero-order valence-electron chi connectivity index (χ0n) is 10.2. The maximum atomic E-state index is 13.3. The fourth-order valence-corrected chi connectivity index (χ4v) is 1.63. The molecule has 0 atom stereocenters. The van der Waals surface area contributed by atoms with Gasteiger partial charge in [-0.3, -0.25) is 4.79 Å². The molecule has 0 heterocycles. The number of hydrogen-bond acceptors (Lipinski definition) is 2. The lowest BCUT2D eigenvalue weighted by atomic mass is 10.1. The summed E-state index contributed by atoms with van der Waals surface area (Å²) < 4.78 is 26.5. The summed E-state index contributed by atoms with van der Waals surface area (Å²) in [5, 5.41) is 2.51. The third-order valence-corrected chi connectivity index (χ3v) is 2.61. The van der Waals surface area contributed by atoms with Crippen LogP contribution in [0.5, 0.6) is 0 Å². The molecule has 0 radical (unpaired) electrons. The van der Waals surface area contributed by atoms with Gasteiger partial charge < -0.3 is 11.1 Å². The van der Waals surface area contributed by atoms with Crippen LogP contribution in [0.3, 0.4) is 0 Å². The van der Waals surface area contributed by atoms with E-state index in [0.29, 0.717) is 13.1 Å². The van der Waals surface area contributed by atoms with Crippen LogP contribution < -0.4 is 11.1 Å². The molecule has 1 amide bonds. The molecular weight excluding hydrogens is 238 g/mol. The number of nitrogens with two attached hydrogens (primary N) is 1. The number of hydrogen-bond donors (Lipinski definition) is 2. The van der Waals surface area contributed by atoms with Crippen molar-refractivity contribution in [1.82, 2.24) is 5.32 Å². The normalized spacial score (nSPS) is 10.4. The average molecular weight is 256 g/mol. The number of rotatable bonds is 7. The standard InChI is InChI=1S/C13H18F2N2O/c14-10-6-5-7-11(15)12(10)13(18)17-9-4-2-1-3-8-16/h5-7H,1-4,8-9,16H2,(H,17,18). The smallest absolute Gasteiger partial charge is 0.257 e. The summed E-state index contributed by atoms with van der Waals surface area (Å²) >= 11 is 0. The van der Waals surface area contributed by atoms with E-state index in [1.165, 1.54) is 6.07 Å². The van der Waals surface area contributed by atoms with Crippen LogP contribution in [-0.4, -0.2) is 19.0 Å². The van der Waals surface area contributed by atoms with Crippen LogP contribution in [0.15, 0.2) is 18.2 Å². The summed E-state index contributed by atoms with van der Waals surface area (Å²) in [5.74, 6) is -2.38. The Hall–Kier alpha value is -1.49. The molecule has 0 bridgehead atoms. The van der Waals surface area contributed by atoms with Gasteiger partial charge in [-0.2, -0.15) is 0 Å². The monoisotopic (exact) mass is 256 g/mol. The first-order valence-electron chi connectivity index (χ1n) is 6.09. The number of halogens is 2. The second-order valence-corrected chi connectivity index (χ2v) is 4.06. The Bertz CT molecular complexity index is 376. The van der Waals surface area contributed by atoms with E-state index in [-0.39, 0.29) is 0 Å². The summed E-state index contributed by atoms with van der Waals surface area (Å²) in [7, 11) is 0. The molecule has 1 aromatic rings. The quantitative estimate of drug-likeness (QED) is 0.735. The zero-order valence-corrected chi connectivity index (χ0v) is 10.2. The average Bonchev–Trinajstić information content (AvgIpc) is 2.33. The molecule has 0 aliphatic heterocycles. The maximum Gasteiger partial charge on any atom is 0.257 e.